The summed E-state index contributed by atoms with van der Waals surface area (Å²) in [5.74, 6) is 0.882. The molecule has 7 heteroatoms. The first-order chi connectivity index (χ1) is 13.5. The van der Waals surface area contributed by atoms with E-state index in [1.165, 1.54) is 40.6 Å². The lowest BCUT2D eigenvalue weighted by atomic mass is 10.1. The van der Waals surface area contributed by atoms with E-state index >= 15 is 0 Å². The van der Waals surface area contributed by atoms with E-state index < -0.39 is 12.6 Å². The smallest absolute Gasteiger partial charge is 0.331 e. The quantitative estimate of drug-likeness (QED) is 0.372. The van der Waals surface area contributed by atoms with Gasteiger partial charge < -0.3 is 23.7 Å². The van der Waals surface area contributed by atoms with E-state index in [4.69, 9.17) is 23.7 Å². The Balaban J connectivity index is 2.06. The molecule has 2 aromatic carbocycles. The van der Waals surface area contributed by atoms with Gasteiger partial charge in [-0.3, -0.25) is 4.79 Å². The molecular weight excluding hydrogens is 364 g/mol. The fraction of sp³-hybridized carbons (Fsp3) is 0.238. The number of hydrogen-bond donors (Lipinski definition) is 0. The number of ether oxygens (including phenoxy) is 5. The van der Waals surface area contributed by atoms with Crippen molar-refractivity contribution >= 4 is 17.8 Å². The molecule has 0 aliphatic rings. The largest absolute Gasteiger partial charge is 0.496 e. The van der Waals surface area contributed by atoms with Gasteiger partial charge in [0.25, 0.3) is 0 Å². The van der Waals surface area contributed by atoms with Gasteiger partial charge in [0.1, 0.15) is 11.5 Å². The lowest BCUT2D eigenvalue weighted by Gasteiger charge is -2.12. The summed E-state index contributed by atoms with van der Waals surface area (Å²) < 4.78 is 25.9. The first-order valence-corrected chi connectivity index (χ1v) is 8.35. The molecule has 0 radical (unpaired) electrons. The van der Waals surface area contributed by atoms with Crippen molar-refractivity contribution in [2.24, 2.45) is 0 Å². The molecule has 0 heterocycles. The van der Waals surface area contributed by atoms with Gasteiger partial charge in [0.2, 0.25) is 5.78 Å². The number of esters is 1. The molecule has 0 bridgehead atoms. The number of carbonyl (C=O) groups is 2. The molecule has 0 spiro atoms. The van der Waals surface area contributed by atoms with Crippen LogP contribution in [0, 0.1) is 0 Å². The molecular formula is C21H22O7. The highest BCUT2D eigenvalue weighted by Crippen LogP contribution is 2.35. The van der Waals surface area contributed by atoms with Gasteiger partial charge in [-0.1, -0.05) is 12.1 Å². The third kappa shape index (κ3) is 5.03. The standard InChI is InChI=1S/C21H22O7/c1-24-17-8-6-5-7-15(17)16(22)13-28-21(23)10-9-14-11-19(26-3)20(27-4)12-18(14)25-2/h5-12H,13H2,1-4H3/b10-9+. The molecule has 0 aliphatic carbocycles. The first-order valence-electron chi connectivity index (χ1n) is 8.35. The van der Waals surface area contributed by atoms with Crippen molar-refractivity contribution in [3.63, 3.8) is 0 Å². The van der Waals surface area contributed by atoms with E-state index in [9.17, 15) is 9.59 Å². The van der Waals surface area contributed by atoms with Gasteiger partial charge in [-0.2, -0.15) is 0 Å². The predicted octanol–water partition coefficient (Wildman–Crippen LogP) is 3.16. The van der Waals surface area contributed by atoms with Crippen LogP contribution in [0.1, 0.15) is 15.9 Å². The highest BCUT2D eigenvalue weighted by molar-refractivity contribution is 6.01. The number of para-hydroxylation sites is 1. The summed E-state index contributed by atoms with van der Waals surface area (Å²) >= 11 is 0. The topological polar surface area (TPSA) is 80.3 Å². The molecule has 2 rings (SSSR count). The van der Waals surface area contributed by atoms with Crippen LogP contribution in [-0.4, -0.2) is 46.8 Å². The molecule has 0 N–H and O–H groups in total. The summed E-state index contributed by atoms with van der Waals surface area (Å²) in [6.45, 7) is -0.396. The summed E-state index contributed by atoms with van der Waals surface area (Å²) in [6, 6.07) is 10.1. The molecule has 2 aromatic rings. The Kier molecular flexibility index (Phi) is 7.45. The molecule has 0 atom stereocenters. The van der Waals surface area contributed by atoms with Gasteiger partial charge in [-0.25, -0.2) is 4.79 Å². The van der Waals surface area contributed by atoms with Crippen molar-refractivity contribution in [1.82, 2.24) is 0 Å². The van der Waals surface area contributed by atoms with Crippen LogP contribution in [0.4, 0.5) is 0 Å². The zero-order valence-electron chi connectivity index (χ0n) is 16.2. The van der Waals surface area contributed by atoms with E-state index in [0.717, 1.165) is 0 Å². The van der Waals surface area contributed by atoms with Crippen LogP contribution in [0.2, 0.25) is 0 Å². The molecule has 0 amide bonds. The second kappa shape index (κ2) is 10.0. The first kappa shape index (κ1) is 20.8. The van der Waals surface area contributed by atoms with Crippen molar-refractivity contribution in [2.75, 3.05) is 35.0 Å². The number of Topliss-reactive ketones (excluding diaryl/α,β-unsaturated/α-hetero) is 1. The van der Waals surface area contributed by atoms with Gasteiger partial charge >= 0.3 is 5.97 Å². The lowest BCUT2D eigenvalue weighted by Crippen LogP contribution is -2.13. The molecule has 28 heavy (non-hydrogen) atoms. The molecule has 7 nitrogen and oxygen atoms in total. The van der Waals surface area contributed by atoms with E-state index in [-0.39, 0.29) is 5.78 Å². The summed E-state index contributed by atoms with van der Waals surface area (Å²) in [5, 5.41) is 0. The molecule has 0 fully saturated rings. The Morgan fingerprint density at radius 1 is 0.821 bits per heavy atom. The van der Waals surface area contributed by atoms with Crippen molar-refractivity contribution in [3.05, 3.63) is 53.6 Å². The number of benzene rings is 2. The Hall–Kier alpha value is -3.48. The molecule has 148 valence electrons. The van der Waals surface area contributed by atoms with Crippen LogP contribution in [0.15, 0.2) is 42.5 Å². The van der Waals surface area contributed by atoms with Crippen LogP contribution in [0.5, 0.6) is 23.0 Å². The third-order valence-corrected chi connectivity index (χ3v) is 3.89. The summed E-state index contributed by atoms with van der Waals surface area (Å²) in [7, 11) is 6.00. The number of hydrogen-bond acceptors (Lipinski definition) is 7. The maximum atomic E-state index is 12.2. The Bertz CT molecular complexity index is 871. The van der Waals surface area contributed by atoms with E-state index in [0.29, 0.717) is 34.1 Å². The van der Waals surface area contributed by atoms with Crippen molar-refractivity contribution in [2.45, 2.75) is 0 Å². The minimum atomic E-state index is -0.667. The van der Waals surface area contributed by atoms with Gasteiger partial charge in [-0.15, -0.1) is 0 Å². The van der Waals surface area contributed by atoms with E-state index in [2.05, 4.69) is 0 Å². The fourth-order valence-corrected chi connectivity index (χ4v) is 2.48. The van der Waals surface area contributed by atoms with Gasteiger partial charge in [0.05, 0.1) is 34.0 Å². The van der Waals surface area contributed by atoms with E-state index in [1.807, 2.05) is 0 Å². The van der Waals surface area contributed by atoms with Gasteiger partial charge in [-0.05, 0) is 24.3 Å². The molecule has 0 saturated heterocycles. The molecule has 0 unspecified atom stereocenters. The zero-order valence-corrected chi connectivity index (χ0v) is 16.2. The van der Waals surface area contributed by atoms with Crippen LogP contribution >= 0.6 is 0 Å². The average molecular weight is 386 g/mol. The third-order valence-electron chi connectivity index (χ3n) is 3.89. The van der Waals surface area contributed by atoms with Crippen LogP contribution in [0.25, 0.3) is 6.08 Å². The minimum absolute atomic E-state index is 0.350. The second-order valence-electron chi connectivity index (χ2n) is 5.51. The molecule has 0 aliphatic heterocycles. The van der Waals surface area contributed by atoms with Crippen LogP contribution in [0.3, 0.4) is 0 Å². The average Bonchev–Trinajstić information content (AvgIpc) is 2.74. The number of methoxy groups -OCH3 is 4. The minimum Gasteiger partial charge on any atom is -0.496 e. The van der Waals surface area contributed by atoms with Crippen molar-refractivity contribution < 1.29 is 33.3 Å². The Labute approximate surface area is 163 Å². The summed E-state index contributed by atoms with van der Waals surface area (Å²) in [6.07, 6.45) is 2.72. The Morgan fingerprint density at radius 2 is 1.43 bits per heavy atom. The predicted molar refractivity (Wildman–Crippen MR) is 103 cm³/mol. The number of rotatable bonds is 9. The number of carbonyl (C=O) groups excluding carboxylic acids is 2. The summed E-state index contributed by atoms with van der Waals surface area (Å²) in [4.78, 5) is 24.2. The summed E-state index contributed by atoms with van der Waals surface area (Å²) in [5.41, 5.74) is 0.941. The SMILES string of the molecule is COc1cc(OC)c(OC)cc1/C=C/C(=O)OCC(=O)c1ccccc1OC. The molecule has 0 saturated carbocycles. The fourth-order valence-electron chi connectivity index (χ4n) is 2.48. The van der Waals surface area contributed by atoms with Gasteiger partial charge in [0, 0.05) is 17.7 Å². The maximum absolute atomic E-state index is 12.2. The lowest BCUT2D eigenvalue weighted by molar-refractivity contribution is -0.136. The highest BCUT2D eigenvalue weighted by atomic mass is 16.5. The second-order valence-corrected chi connectivity index (χ2v) is 5.51. The van der Waals surface area contributed by atoms with E-state index in [1.54, 1.807) is 36.4 Å². The van der Waals surface area contributed by atoms with Crippen LogP contribution < -0.4 is 18.9 Å². The monoisotopic (exact) mass is 386 g/mol. The van der Waals surface area contributed by atoms with Gasteiger partial charge in [0.15, 0.2) is 18.1 Å². The van der Waals surface area contributed by atoms with Crippen molar-refractivity contribution in [3.8, 4) is 23.0 Å². The normalized spacial score (nSPS) is 10.4. The number of ketones is 1. The Morgan fingerprint density at radius 3 is 2.07 bits per heavy atom. The zero-order chi connectivity index (χ0) is 20.5. The van der Waals surface area contributed by atoms with Crippen LogP contribution in [-0.2, 0) is 9.53 Å². The molecule has 0 aromatic heterocycles. The van der Waals surface area contributed by atoms with Crippen molar-refractivity contribution in [1.29, 1.82) is 0 Å². The maximum Gasteiger partial charge on any atom is 0.331 e. The highest BCUT2D eigenvalue weighted by Gasteiger charge is 2.14.